The molecule has 0 aliphatic rings. The van der Waals surface area contributed by atoms with E-state index in [2.05, 4.69) is 57.6 Å². The third-order valence-corrected chi connectivity index (χ3v) is 7.93. The van der Waals surface area contributed by atoms with Crippen LogP contribution in [0.1, 0.15) is 61.3 Å². The fourth-order valence-corrected chi connectivity index (χ4v) is 6.15. The SMILES string of the molecule is CCN(CC)[SiH](CCCC(C)(C)C)N(CC)CC. The Labute approximate surface area is 118 Å². The standard InChI is InChI=1S/C15H36N2Si/c1-8-16(9-2)18(17(10-3)11-4)14-12-13-15(5,6)7/h18H,8-14H2,1-7H3. The zero-order valence-corrected chi connectivity index (χ0v) is 15.1. The van der Waals surface area contributed by atoms with Crippen molar-refractivity contribution in [3.8, 4) is 0 Å². The second-order valence-corrected chi connectivity index (χ2v) is 9.38. The third-order valence-electron chi connectivity index (χ3n) is 3.86. The van der Waals surface area contributed by atoms with Gasteiger partial charge in [0.25, 0.3) is 0 Å². The van der Waals surface area contributed by atoms with Gasteiger partial charge in [0, 0.05) is 0 Å². The molecular formula is C15H36N2Si. The Balaban J connectivity index is 4.46. The van der Waals surface area contributed by atoms with E-state index in [4.69, 9.17) is 0 Å². The van der Waals surface area contributed by atoms with Crippen LogP contribution >= 0.6 is 0 Å². The van der Waals surface area contributed by atoms with Crippen molar-refractivity contribution in [3.05, 3.63) is 0 Å². The van der Waals surface area contributed by atoms with Gasteiger partial charge in [0.2, 0.25) is 0 Å². The van der Waals surface area contributed by atoms with Crippen LogP contribution in [0, 0.1) is 5.41 Å². The van der Waals surface area contributed by atoms with Crippen molar-refractivity contribution < 1.29 is 0 Å². The van der Waals surface area contributed by atoms with E-state index in [0.717, 1.165) is 0 Å². The van der Waals surface area contributed by atoms with Gasteiger partial charge < -0.3 is 9.13 Å². The summed E-state index contributed by atoms with van der Waals surface area (Å²) in [5.74, 6) is 0. The van der Waals surface area contributed by atoms with Gasteiger partial charge in [-0.3, -0.25) is 0 Å². The molecule has 3 heteroatoms. The molecule has 0 atom stereocenters. The molecule has 0 amide bonds. The summed E-state index contributed by atoms with van der Waals surface area (Å²) in [5.41, 5.74) is 0.492. The van der Waals surface area contributed by atoms with E-state index in [9.17, 15) is 0 Å². The van der Waals surface area contributed by atoms with Crippen LogP contribution in [-0.4, -0.2) is 44.4 Å². The van der Waals surface area contributed by atoms with Gasteiger partial charge in [0.15, 0.2) is 9.12 Å². The summed E-state index contributed by atoms with van der Waals surface area (Å²) in [6, 6.07) is 1.45. The second-order valence-electron chi connectivity index (χ2n) is 6.38. The lowest BCUT2D eigenvalue weighted by atomic mass is 9.91. The number of rotatable bonds is 9. The Hall–Kier alpha value is 0.137. The first kappa shape index (κ1) is 18.1. The molecule has 110 valence electrons. The molecule has 2 nitrogen and oxygen atoms in total. The molecule has 0 spiro atoms. The zero-order chi connectivity index (χ0) is 14.2. The maximum atomic E-state index is 2.75. The van der Waals surface area contributed by atoms with Crippen LogP contribution in [0.2, 0.25) is 6.04 Å². The number of hydrogen-bond donors (Lipinski definition) is 0. The fourth-order valence-electron chi connectivity index (χ4n) is 2.70. The average molecular weight is 273 g/mol. The molecule has 0 radical (unpaired) electrons. The van der Waals surface area contributed by atoms with Crippen LogP contribution in [0.25, 0.3) is 0 Å². The Kier molecular flexibility index (Phi) is 9.18. The van der Waals surface area contributed by atoms with Gasteiger partial charge in [-0.25, -0.2) is 0 Å². The van der Waals surface area contributed by atoms with E-state index in [1.807, 2.05) is 0 Å². The molecule has 0 aliphatic carbocycles. The predicted octanol–water partition coefficient (Wildman–Crippen LogP) is 3.72. The summed E-state index contributed by atoms with van der Waals surface area (Å²) < 4.78 is 5.49. The maximum absolute atomic E-state index is 2.75. The Morgan fingerprint density at radius 2 is 1.17 bits per heavy atom. The van der Waals surface area contributed by atoms with Crippen molar-refractivity contribution in [2.45, 2.75) is 67.4 Å². The van der Waals surface area contributed by atoms with E-state index in [0.29, 0.717) is 5.41 Å². The summed E-state index contributed by atoms with van der Waals surface area (Å²) >= 11 is 0. The second kappa shape index (κ2) is 9.11. The molecule has 0 aromatic carbocycles. The normalized spacial score (nSPS) is 13.0. The first-order valence-electron chi connectivity index (χ1n) is 7.87. The molecule has 0 saturated heterocycles. The largest absolute Gasteiger partial charge is 0.315 e. The minimum atomic E-state index is -0.887. The van der Waals surface area contributed by atoms with Gasteiger partial charge in [0.05, 0.1) is 0 Å². The monoisotopic (exact) mass is 272 g/mol. The van der Waals surface area contributed by atoms with Crippen LogP contribution in [0.3, 0.4) is 0 Å². The molecular weight excluding hydrogens is 236 g/mol. The zero-order valence-electron chi connectivity index (χ0n) is 13.9. The van der Waals surface area contributed by atoms with Crippen molar-refractivity contribution in [2.24, 2.45) is 5.41 Å². The summed E-state index contributed by atoms with van der Waals surface area (Å²) in [5, 5.41) is 0. The smallest absolute Gasteiger partial charge is 0.189 e. The lowest BCUT2D eigenvalue weighted by Crippen LogP contribution is -2.52. The minimum Gasteiger partial charge on any atom is -0.315 e. The molecule has 0 bridgehead atoms. The summed E-state index contributed by atoms with van der Waals surface area (Å²) in [4.78, 5) is 0. The van der Waals surface area contributed by atoms with Gasteiger partial charge in [-0.15, -0.1) is 0 Å². The van der Waals surface area contributed by atoms with Crippen LogP contribution in [-0.2, 0) is 0 Å². The molecule has 18 heavy (non-hydrogen) atoms. The molecule has 0 heterocycles. The van der Waals surface area contributed by atoms with E-state index < -0.39 is 9.12 Å². The Morgan fingerprint density at radius 1 is 0.778 bits per heavy atom. The van der Waals surface area contributed by atoms with Crippen molar-refractivity contribution in [2.75, 3.05) is 26.2 Å². The highest BCUT2D eigenvalue weighted by molar-refractivity contribution is 6.52. The van der Waals surface area contributed by atoms with Gasteiger partial charge in [-0.2, -0.15) is 0 Å². The highest BCUT2D eigenvalue weighted by atomic mass is 28.3. The van der Waals surface area contributed by atoms with Gasteiger partial charge in [-0.05, 0) is 44.1 Å². The van der Waals surface area contributed by atoms with Gasteiger partial charge in [-0.1, -0.05) is 54.9 Å². The fraction of sp³-hybridized carbons (Fsp3) is 1.00. The summed E-state index contributed by atoms with van der Waals surface area (Å²) in [6.07, 6.45) is 2.76. The Morgan fingerprint density at radius 3 is 1.44 bits per heavy atom. The molecule has 0 fully saturated rings. The van der Waals surface area contributed by atoms with E-state index >= 15 is 0 Å². The Bertz CT molecular complexity index is 181. The molecule has 0 N–H and O–H groups in total. The van der Waals surface area contributed by atoms with Crippen LogP contribution < -0.4 is 0 Å². The first-order valence-corrected chi connectivity index (χ1v) is 9.72. The number of hydrogen-bond acceptors (Lipinski definition) is 2. The van der Waals surface area contributed by atoms with Crippen molar-refractivity contribution >= 4 is 9.12 Å². The quantitative estimate of drug-likeness (QED) is 0.590. The minimum absolute atomic E-state index is 0.492. The van der Waals surface area contributed by atoms with Gasteiger partial charge in [0.1, 0.15) is 0 Å². The first-order chi connectivity index (χ1) is 8.39. The van der Waals surface area contributed by atoms with Gasteiger partial charge >= 0.3 is 0 Å². The van der Waals surface area contributed by atoms with Crippen LogP contribution in [0.15, 0.2) is 0 Å². The third kappa shape index (κ3) is 6.91. The lowest BCUT2D eigenvalue weighted by Gasteiger charge is -2.37. The van der Waals surface area contributed by atoms with Crippen molar-refractivity contribution in [3.63, 3.8) is 0 Å². The molecule has 0 unspecified atom stereocenters. The highest BCUT2D eigenvalue weighted by Gasteiger charge is 2.24. The number of nitrogens with zero attached hydrogens (tertiary/aromatic N) is 2. The molecule has 0 aromatic rings. The van der Waals surface area contributed by atoms with E-state index in [1.165, 1.54) is 45.1 Å². The van der Waals surface area contributed by atoms with Crippen LogP contribution in [0.5, 0.6) is 0 Å². The average Bonchev–Trinajstić information content (AvgIpc) is 2.30. The maximum Gasteiger partial charge on any atom is 0.189 e. The predicted molar refractivity (Wildman–Crippen MR) is 86.5 cm³/mol. The van der Waals surface area contributed by atoms with Crippen molar-refractivity contribution in [1.82, 2.24) is 9.13 Å². The highest BCUT2D eigenvalue weighted by Crippen LogP contribution is 2.23. The molecule has 0 aliphatic heterocycles. The lowest BCUT2D eigenvalue weighted by molar-refractivity contribution is 0.352. The van der Waals surface area contributed by atoms with E-state index in [-0.39, 0.29) is 0 Å². The van der Waals surface area contributed by atoms with Crippen molar-refractivity contribution in [1.29, 1.82) is 0 Å². The molecule has 0 saturated carbocycles. The molecule has 0 rings (SSSR count). The topological polar surface area (TPSA) is 6.48 Å². The summed E-state index contributed by atoms with van der Waals surface area (Å²) in [7, 11) is -0.887. The van der Waals surface area contributed by atoms with Crippen LogP contribution in [0.4, 0.5) is 0 Å². The summed E-state index contributed by atoms with van der Waals surface area (Å²) in [6.45, 7) is 21.2. The molecule has 0 aromatic heterocycles. The van der Waals surface area contributed by atoms with E-state index in [1.54, 1.807) is 0 Å².